The fraction of sp³-hybridized carbons (Fsp3) is 0.389. The Bertz CT molecular complexity index is 790. The van der Waals surface area contributed by atoms with Crippen LogP contribution < -0.4 is 16.3 Å². The maximum Gasteiger partial charge on any atom is 0.349 e. The van der Waals surface area contributed by atoms with E-state index in [1.54, 1.807) is 31.3 Å². The number of carbonyl (C=O) groups excluding carboxylic acids is 1. The molecule has 1 aliphatic rings. The summed E-state index contributed by atoms with van der Waals surface area (Å²) in [6.45, 7) is 5.41. The van der Waals surface area contributed by atoms with Crippen molar-refractivity contribution in [3.8, 4) is 0 Å². The van der Waals surface area contributed by atoms with E-state index in [0.717, 1.165) is 31.6 Å². The molecule has 1 fully saturated rings. The Hall–Kier alpha value is -2.47. The van der Waals surface area contributed by atoms with Gasteiger partial charge < -0.3 is 15.1 Å². The van der Waals surface area contributed by atoms with E-state index in [4.69, 9.17) is 4.42 Å². The summed E-state index contributed by atoms with van der Waals surface area (Å²) < 4.78 is 5.43. The zero-order chi connectivity index (χ0) is 17.1. The maximum atomic E-state index is 12.4. The Balaban J connectivity index is 1.83. The molecule has 2 aromatic heterocycles. The Morgan fingerprint density at radius 1 is 1.38 bits per heavy atom. The summed E-state index contributed by atoms with van der Waals surface area (Å²) in [4.78, 5) is 28.9. The molecule has 1 amide bonds. The second-order valence-corrected chi connectivity index (χ2v) is 6.18. The van der Waals surface area contributed by atoms with Gasteiger partial charge in [0.25, 0.3) is 5.91 Å². The van der Waals surface area contributed by atoms with E-state index in [0.29, 0.717) is 17.0 Å². The number of aromatic nitrogens is 1. The predicted octanol–water partition coefficient (Wildman–Crippen LogP) is 2.37. The quantitative estimate of drug-likeness (QED) is 0.904. The second-order valence-electron chi connectivity index (χ2n) is 6.18. The standard InChI is InChI=1S/C18H21N3O3/c1-11-8-15(13-4-3-7-19-9-13)24-18(23)16(11)17(22)21-14-6-5-12(2)20-10-14/h5-6,8,10,13,19H,3-4,7,9H2,1-2H3,(H,21,22). The largest absolute Gasteiger partial charge is 0.427 e. The summed E-state index contributed by atoms with van der Waals surface area (Å²) in [5.41, 5.74) is 1.49. The third kappa shape index (κ3) is 3.54. The van der Waals surface area contributed by atoms with Crippen molar-refractivity contribution >= 4 is 11.6 Å². The van der Waals surface area contributed by atoms with Crippen LogP contribution in [0.4, 0.5) is 5.69 Å². The molecule has 6 nitrogen and oxygen atoms in total. The number of pyridine rings is 1. The normalized spacial score (nSPS) is 17.5. The lowest BCUT2D eigenvalue weighted by Crippen LogP contribution is -2.30. The minimum Gasteiger partial charge on any atom is -0.427 e. The molecule has 126 valence electrons. The average Bonchev–Trinajstić information content (AvgIpc) is 2.57. The number of anilines is 1. The number of hydrogen-bond donors (Lipinski definition) is 2. The van der Waals surface area contributed by atoms with Crippen LogP contribution in [0.1, 0.15) is 46.1 Å². The van der Waals surface area contributed by atoms with Crippen LogP contribution in [0.25, 0.3) is 0 Å². The highest BCUT2D eigenvalue weighted by Crippen LogP contribution is 2.23. The molecular weight excluding hydrogens is 306 g/mol. The SMILES string of the molecule is Cc1ccc(NC(=O)c2c(C)cc(C3CCCNC3)oc2=O)cn1. The number of carbonyl (C=O) groups is 1. The highest BCUT2D eigenvalue weighted by atomic mass is 16.4. The van der Waals surface area contributed by atoms with Crippen LogP contribution in [0.2, 0.25) is 0 Å². The lowest BCUT2D eigenvalue weighted by molar-refractivity contribution is 0.102. The van der Waals surface area contributed by atoms with Gasteiger partial charge >= 0.3 is 5.63 Å². The topological polar surface area (TPSA) is 84.2 Å². The van der Waals surface area contributed by atoms with Gasteiger partial charge in [-0.25, -0.2) is 4.79 Å². The first-order valence-electron chi connectivity index (χ1n) is 8.14. The third-order valence-electron chi connectivity index (χ3n) is 4.26. The van der Waals surface area contributed by atoms with Crippen molar-refractivity contribution in [1.82, 2.24) is 10.3 Å². The molecule has 24 heavy (non-hydrogen) atoms. The first-order chi connectivity index (χ1) is 11.5. The van der Waals surface area contributed by atoms with Gasteiger partial charge in [0.15, 0.2) is 0 Å². The smallest absolute Gasteiger partial charge is 0.349 e. The molecule has 2 aromatic rings. The van der Waals surface area contributed by atoms with E-state index in [9.17, 15) is 9.59 Å². The van der Waals surface area contributed by atoms with Gasteiger partial charge in [-0.2, -0.15) is 0 Å². The van der Waals surface area contributed by atoms with Crippen LogP contribution in [0, 0.1) is 13.8 Å². The van der Waals surface area contributed by atoms with Crippen molar-refractivity contribution in [1.29, 1.82) is 0 Å². The van der Waals surface area contributed by atoms with Crippen molar-refractivity contribution in [2.24, 2.45) is 0 Å². The molecule has 0 spiro atoms. The molecule has 0 saturated carbocycles. The van der Waals surface area contributed by atoms with Gasteiger partial charge in [0.1, 0.15) is 11.3 Å². The summed E-state index contributed by atoms with van der Waals surface area (Å²) in [5, 5.41) is 5.99. The first kappa shape index (κ1) is 16.4. The molecule has 1 atom stereocenters. The van der Waals surface area contributed by atoms with E-state index in [-0.39, 0.29) is 11.5 Å². The zero-order valence-electron chi connectivity index (χ0n) is 13.9. The molecule has 1 saturated heterocycles. The van der Waals surface area contributed by atoms with Crippen molar-refractivity contribution in [2.45, 2.75) is 32.6 Å². The fourth-order valence-electron chi connectivity index (χ4n) is 2.94. The molecule has 0 aromatic carbocycles. The number of amides is 1. The molecule has 0 aliphatic carbocycles. The summed E-state index contributed by atoms with van der Waals surface area (Å²) >= 11 is 0. The number of nitrogens with zero attached hydrogens (tertiary/aromatic N) is 1. The summed E-state index contributed by atoms with van der Waals surface area (Å²) in [6, 6.07) is 5.35. The summed E-state index contributed by atoms with van der Waals surface area (Å²) in [6.07, 6.45) is 3.60. The van der Waals surface area contributed by atoms with Gasteiger partial charge in [0, 0.05) is 18.2 Å². The Morgan fingerprint density at radius 3 is 2.83 bits per heavy atom. The van der Waals surface area contributed by atoms with Crippen LogP contribution in [0.15, 0.2) is 33.6 Å². The minimum absolute atomic E-state index is 0.0445. The van der Waals surface area contributed by atoms with Crippen LogP contribution in [-0.2, 0) is 0 Å². The van der Waals surface area contributed by atoms with Crippen molar-refractivity contribution < 1.29 is 9.21 Å². The lowest BCUT2D eigenvalue weighted by atomic mass is 9.95. The van der Waals surface area contributed by atoms with Gasteiger partial charge in [0.05, 0.1) is 11.9 Å². The highest BCUT2D eigenvalue weighted by Gasteiger charge is 2.22. The van der Waals surface area contributed by atoms with Crippen molar-refractivity contribution in [2.75, 3.05) is 18.4 Å². The van der Waals surface area contributed by atoms with E-state index in [2.05, 4.69) is 15.6 Å². The van der Waals surface area contributed by atoms with E-state index >= 15 is 0 Å². The van der Waals surface area contributed by atoms with Gasteiger partial charge in [-0.15, -0.1) is 0 Å². The highest BCUT2D eigenvalue weighted by molar-refractivity contribution is 6.04. The molecule has 1 aliphatic heterocycles. The number of nitrogens with one attached hydrogen (secondary N) is 2. The van der Waals surface area contributed by atoms with Crippen LogP contribution in [0.3, 0.4) is 0 Å². The van der Waals surface area contributed by atoms with Crippen LogP contribution in [0.5, 0.6) is 0 Å². The zero-order valence-corrected chi connectivity index (χ0v) is 13.9. The molecule has 2 N–H and O–H groups in total. The van der Waals surface area contributed by atoms with Gasteiger partial charge in [-0.3, -0.25) is 9.78 Å². The van der Waals surface area contributed by atoms with Crippen molar-refractivity contribution in [3.05, 3.63) is 57.4 Å². The summed E-state index contributed by atoms with van der Waals surface area (Å²) in [5.74, 6) is 0.363. The Kier molecular flexibility index (Phi) is 4.76. The number of aryl methyl sites for hydroxylation is 2. The third-order valence-corrected chi connectivity index (χ3v) is 4.26. The number of rotatable bonds is 3. The number of hydrogen-bond acceptors (Lipinski definition) is 5. The van der Waals surface area contributed by atoms with Crippen LogP contribution in [-0.4, -0.2) is 24.0 Å². The molecule has 6 heteroatoms. The van der Waals surface area contributed by atoms with E-state index in [1.807, 2.05) is 6.92 Å². The summed E-state index contributed by atoms with van der Waals surface area (Å²) in [7, 11) is 0. The van der Waals surface area contributed by atoms with E-state index < -0.39 is 11.5 Å². The predicted molar refractivity (Wildman–Crippen MR) is 91.5 cm³/mol. The lowest BCUT2D eigenvalue weighted by Gasteiger charge is -2.22. The molecule has 3 heterocycles. The molecule has 3 rings (SSSR count). The van der Waals surface area contributed by atoms with Crippen molar-refractivity contribution in [3.63, 3.8) is 0 Å². The maximum absolute atomic E-state index is 12.4. The monoisotopic (exact) mass is 327 g/mol. The van der Waals surface area contributed by atoms with Gasteiger partial charge in [-0.05, 0) is 57.0 Å². The molecule has 0 bridgehead atoms. The minimum atomic E-state index is -0.590. The first-order valence-corrected chi connectivity index (χ1v) is 8.14. The average molecular weight is 327 g/mol. The van der Waals surface area contributed by atoms with E-state index in [1.165, 1.54) is 0 Å². The molecule has 1 unspecified atom stereocenters. The Labute approximate surface area is 140 Å². The number of piperidine rings is 1. The van der Waals surface area contributed by atoms with Gasteiger partial charge in [0.2, 0.25) is 0 Å². The molecule has 0 radical (unpaired) electrons. The molecular formula is C18H21N3O3. The van der Waals surface area contributed by atoms with Crippen LogP contribution >= 0.6 is 0 Å². The second kappa shape index (κ2) is 6.97. The Morgan fingerprint density at radius 2 is 2.21 bits per heavy atom. The van der Waals surface area contributed by atoms with Gasteiger partial charge in [-0.1, -0.05) is 0 Å². The fourth-order valence-corrected chi connectivity index (χ4v) is 2.94.